The summed E-state index contributed by atoms with van der Waals surface area (Å²) in [6.45, 7) is 0. The number of aryl methyl sites for hydroxylation is 1. The summed E-state index contributed by atoms with van der Waals surface area (Å²) in [4.78, 5) is 4.18. The molecule has 0 fully saturated rings. The smallest absolute Gasteiger partial charge is 0.142 e. The SMILES string of the molecule is Cn1ccc2ccc(N)nc21. The van der Waals surface area contributed by atoms with Gasteiger partial charge in [-0.3, -0.25) is 0 Å². The van der Waals surface area contributed by atoms with Crippen LogP contribution in [0.4, 0.5) is 5.82 Å². The van der Waals surface area contributed by atoms with Crippen molar-refractivity contribution in [2.45, 2.75) is 0 Å². The van der Waals surface area contributed by atoms with E-state index in [1.165, 1.54) is 0 Å². The number of nitrogens with two attached hydrogens (primary N) is 1. The highest BCUT2D eigenvalue weighted by molar-refractivity contribution is 5.77. The molecule has 2 rings (SSSR count). The second-order valence-electron chi connectivity index (χ2n) is 2.58. The van der Waals surface area contributed by atoms with Crippen LogP contribution in [0.3, 0.4) is 0 Å². The molecule has 0 bridgehead atoms. The van der Waals surface area contributed by atoms with Crippen molar-refractivity contribution in [3.63, 3.8) is 0 Å². The molecule has 0 atom stereocenters. The van der Waals surface area contributed by atoms with Crippen LogP contribution >= 0.6 is 0 Å². The lowest BCUT2D eigenvalue weighted by atomic mass is 10.3. The van der Waals surface area contributed by atoms with E-state index in [1.54, 1.807) is 0 Å². The molecule has 0 spiro atoms. The van der Waals surface area contributed by atoms with E-state index in [4.69, 9.17) is 5.73 Å². The van der Waals surface area contributed by atoms with E-state index in [2.05, 4.69) is 4.98 Å². The fourth-order valence-electron chi connectivity index (χ4n) is 1.15. The molecule has 11 heavy (non-hydrogen) atoms. The lowest BCUT2D eigenvalue weighted by Gasteiger charge is -1.95. The van der Waals surface area contributed by atoms with Crippen LogP contribution in [0, 0.1) is 0 Å². The van der Waals surface area contributed by atoms with Gasteiger partial charge in [-0.15, -0.1) is 0 Å². The van der Waals surface area contributed by atoms with Crippen molar-refractivity contribution in [2.75, 3.05) is 5.73 Å². The summed E-state index contributed by atoms with van der Waals surface area (Å²) < 4.78 is 1.95. The number of hydrogen-bond donors (Lipinski definition) is 1. The van der Waals surface area contributed by atoms with Crippen molar-refractivity contribution in [3.05, 3.63) is 24.4 Å². The third-order valence-electron chi connectivity index (χ3n) is 1.74. The first-order valence-electron chi connectivity index (χ1n) is 3.45. The van der Waals surface area contributed by atoms with Gasteiger partial charge in [-0.1, -0.05) is 0 Å². The largest absolute Gasteiger partial charge is 0.384 e. The Kier molecular flexibility index (Phi) is 1.12. The standard InChI is InChI=1S/C8H9N3/c1-11-5-4-6-2-3-7(9)10-8(6)11/h2-5H,1H3,(H2,9,10). The first-order chi connectivity index (χ1) is 5.27. The Balaban J connectivity index is 2.87. The van der Waals surface area contributed by atoms with E-state index in [0.717, 1.165) is 11.0 Å². The molecule has 2 heterocycles. The van der Waals surface area contributed by atoms with E-state index in [9.17, 15) is 0 Å². The maximum absolute atomic E-state index is 5.53. The molecule has 0 aliphatic carbocycles. The molecule has 0 radical (unpaired) electrons. The summed E-state index contributed by atoms with van der Waals surface area (Å²) in [5, 5.41) is 1.13. The number of rotatable bonds is 0. The quantitative estimate of drug-likeness (QED) is 0.607. The highest BCUT2D eigenvalue weighted by Gasteiger charge is 1.97. The Morgan fingerprint density at radius 2 is 2.18 bits per heavy atom. The molecular formula is C8H9N3. The van der Waals surface area contributed by atoms with Gasteiger partial charge in [-0.2, -0.15) is 0 Å². The van der Waals surface area contributed by atoms with Crippen LogP contribution < -0.4 is 5.73 Å². The summed E-state index contributed by atoms with van der Waals surface area (Å²) in [5.74, 6) is 0.569. The molecule has 0 aromatic carbocycles. The normalized spacial score (nSPS) is 10.6. The molecule has 2 N–H and O–H groups in total. The molecule has 3 heteroatoms. The minimum Gasteiger partial charge on any atom is -0.384 e. The van der Waals surface area contributed by atoms with Crippen LogP contribution in [0.2, 0.25) is 0 Å². The molecule has 0 aliphatic heterocycles. The lowest BCUT2D eigenvalue weighted by molar-refractivity contribution is 0.950. The summed E-state index contributed by atoms with van der Waals surface area (Å²) in [6.07, 6.45) is 1.97. The van der Waals surface area contributed by atoms with E-state index < -0.39 is 0 Å². The Labute approximate surface area is 64.5 Å². The maximum atomic E-state index is 5.53. The number of anilines is 1. The van der Waals surface area contributed by atoms with Crippen molar-refractivity contribution in [1.29, 1.82) is 0 Å². The van der Waals surface area contributed by atoms with Gasteiger partial charge in [0.15, 0.2) is 0 Å². The van der Waals surface area contributed by atoms with Gasteiger partial charge in [-0.05, 0) is 18.2 Å². The highest BCUT2D eigenvalue weighted by Crippen LogP contribution is 2.12. The van der Waals surface area contributed by atoms with Crippen LogP contribution in [0.25, 0.3) is 11.0 Å². The number of pyridine rings is 1. The fraction of sp³-hybridized carbons (Fsp3) is 0.125. The Morgan fingerprint density at radius 1 is 1.36 bits per heavy atom. The average molecular weight is 147 g/mol. The van der Waals surface area contributed by atoms with Gasteiger partial charge in [0.25, 0.3) is 0 Å². The molecule has 56 valence electrons. The fourth-order valence-corrected chi connectivity index (χ4v) is 1.15. The van der Waals surface area contributed by atoms with Crippen molar-refractivity contribution in [1.82, 2.24) is 9.55 Å². The van der Waals surface area contributed by atoms with E-state index in [-0.39, 0.29) is 0 Å². The van der Waals surface area contributed by atoms with Gasteiger partial charge in [0.1, 0.15) is 11.5 Å². The van der Waals surface area contributed by atoms with Gasteiger partial charge in [0.05, 0.1) is 0 Å². The molecule has 0 amide bonds. The van der Waals surface area contributed by atoms with Gasteiger partial charge in [0.2, 0.25) is 0 Å². The molecule has 3 nitrogen and oxygen atoms in total. The minimum absolute atomic E-state index is 0.569. The van der Waals surface area contributed by atoms with Crippen molar-refractivity contribution in [2.24, 2.45) is 7.05 Å². The third-order valence-corrected chi connectivity index (χ3v) is 1.74. The molecule has 0 saturated carbocycles. The zero-order chi connectivity index (χ0) is 7.84. The van der Waals surface area contributed by atoms with Gasteiger partial charge in [0, 0.05) is 18.6 Å². The van der Waals surface area contributed by atoms with Gasteiger partial charge < -0.3 is 10.3 Å². The van der Waals surface area contributed by atoms with Crippen molar-refractivity contribution >= 4 is 16.9 Å². The summed E-state index contributed by atoms with van der Waals surface area (Å²) in [7, 11) is 1.95. The average Bonchev–Trinajstić information content (AvgIpc) is 2.33. The number of fused-ring (bicyclic) bond motifs is 1. The number of aromatic nitrogens is 2. The van der Waals surface area contributed by atoms with Crippen molar-refractivity contribution in [3.8, 4) is 0 Å². The Bertz CT molecular complexity index is 389. The monoisotopic (exact) mass is 147 g/mol. The van der Waals surface area contributed by atoms with E-state index in [0.29, 0.717) is 5.82 Å². The Hall–Kier alpha value is -1.51. The van der Waals surface area contributed by atoms with E-state index in [1.807, 2.05) is 36.0 Å². The second-order valence-corrected chi connectivity index (χ2v) is 2.58. The zero-order valence-electron chi connectivity index (χ0n) is 6.28. The summed E-state index contributed by atoms with van der Waals surface area (Å²) in [6, 6.07) is 5.79. The highest BCUT2D eigenvalue weighted by atomic mass is 15.0. The molecule has 0 aliphatic rings. The number of nitrogen functional groups attached to an aromatic ring is 1. The predicted molar refractivity (Wildman–Crippen MR) is 45.1 cm³/mol. The van der Waals surface area contributed by atoms with Crippen LogP contribution in [0.1, 0.15) is 0 Å². The van der Waals surface area contributed by atoms with Gasteiger partial charge in [-0.25, -0.2) is 4.98 Å². The van der Waals surface area contributed by atoms with E-state index >= 15 is 0 Å². The van der Waals surface area contributed by atoms with Crippen molar-refractivity contribution < 1.29 is 0 Å². The first-order valence-corrected chi connectivity index (χ1v) is 3.45. The summed E-state index contributed by atoms with van der Waals surface area (Å²) in [5.41, 5.74) is 6.46. The second kappa shape index (κ2) is 1.99. The first kappa shape index (κ1) is 6.22. The van der Waals surface area contributed by atoms with Crippen LogP contribution in [0.5, 0.6) is 0 Å². The molecule has 2 aromatic heterocycles. The minimum atomic E-state index is 0.569. The number of hydrogen-bond acceptors (Lipinski definition) is 2. The van der Waals surface area contributed by atoms with Crippen LogP contribution in [0.15, 0.2) is 24.4 Å². The Morgan fingerprint density at radius 3 is 3.00 bits per heavy atom. The lowest BCUT2D eigenvalue weighted by Crippen LogP contribution is -1.92. The van der Waals surface area contributed by atoms with Gasteiger partial charge >= 0.3 is 0 Å². The molecule has 0 saturated heterocycles. The molecular weight excluding hydrogens is 138 g/mol. The molecule has 2 aromatic rings. The topological polar surface area (TPSA) is 43.8 Å². The predicted octanol–water partition coefficient (Wildman–Crippen LogP) is 1.16. The van der Waals surface area contributed by atoms with Crippen LogP contribution in [-0.4, -0.2) is 9.55 Å². The zero-order valence-corrected chi connectivity index (χ0v) is 6.28. The third kappa shape index (κ3) is 0.852. The number of nitrogens with zero attached hydrogens (tertiary/aromatic N) is 2. The van der Waals surface area contributed by atoms with Crippen LogP contribution in [-0.2, 0) is 7.05 Å². The molecule has 0 unspecified atom stereocenters. The summed E-state index contributed by atoms with van der Waals surface area (Å²) >= 11 is 0. The maximum Gasteiger partial charge on any atom is 0.142 e.